The van der Waals surface area contributed by atoms with Gasteiger partial charge in [-0.15, -0.1) is 0 Å². The van der Waals surface area contributed by atoms with Crippen LogP contribution in [0.2, 0.25) is 0 Å². The molecule has 1 aliphatic rings. The van der Waals surface area contributed by atoms with Crippen LogP contribution in [-0.4, -0.2) is 0 Å². The van der Waals surface area contributed by atoms with E-state index in [2.05, 4.69) is 71.4 Å². The van der Waals surface area contributed by atoms with Crippen molar-refractivity contribution in [2.75, 3.05) is 0 Å². The lowest BCUT2D eigenvalue weighted by molar-refractivity contribution is 0.427. The first-order valence-electron chi connectivity index (χ1n) is 7.32. The van der Waals surface area contributed by atoms with Crippen molar-refractivity contribution in [1.29, 1.82) is 0 Å². The Bertz CT molecular complexity index is 841. The van der Waals surface area contributed by atoms with Gasteiger partial charge in [0.05, 0.1) is 0 Å². The fourth-order valence-corrected chi connectivity index (χ4v) is 3.66. The van der Waals surface area contributed by atoms with Gasteiger partial charge in [0.15, 0.2) is 0 Å². The Morgan fingerprint density at radius 3 is 2.27 bits per heavy atom. The topological polar surface area (TPSA) is 9.23 Å². The fourth-order valence-electron chi connectivity index (χ4n) is 3.30. The van der Waals surface area contributed by atoms with Crippen molar-refractivity contribution in [3.05, 3.63) is 94.0 Å². The average molecular weight is 351 g/mol. The third kappa shape index (κ3) is 1.91. The number of halogens is 1. The Morgan fingerprint density at radius 1 is 0.773 bits per heavy atom. The van der Waals surface area contributed by atoms with Crippen LogP contribution >= 0.6 is 15.9 Å². The summed E-state index contributed by atoms with van der Waals surface area (Å²) in [7, 11) is 0. The van der Waals surface area contributed by atoms with E-state index in [1.165, 1.54) is 16.7 Å². The molecule has 0 radical (unpaired) electrons. The van der Waals surface area contributed by atoms with Crippen molar-refractivity contribution in [2.45, 2.75) is 12.3 Å². The number of fused-ring (bicyclic) bond motifs is 2. The van der Waals surface area contributed by atoms with Crippen molar-refractivity contribution in [2.24, 2.45) is 0 Å². The van der Waals surface area contributed by atoms with Gasteiger partial charge in [0, 0.05) is 21.0 Å². The molecule has 0 N–H and O–H groups in total. The Labute approximate surface area is 138 Å². The number of ether oxygens (including phenoxy) is 1. The summed E-state index contributed by atoms with van der Waals surface area (Å²) in [5, 5.41) is 0. The second-order valence-corrected chi connectivity index (χ2v) is 6.65. The lowest BCUT2D eigenvalue weighted by Gasteiger charge is -2.38. The third-order valence-electron chi connectivity index (χ3n) is 4.48. The van der Waals surface area contributed by atoms with Crippen molar-refractivity contribution in [3.8, 4) is 11.5 Å². The molecule has 22 heavy (non-hydrogen) atoms. The highest BCUT2D eigenvalue weighted by atomic mass is 79.9. The van der Waals surface area contributed by atoms with E-state index >= 15 is 0 Å². The van der Waals surface area contributed by atoms with Gasteiger partial charge in [0.2, 0.25) is 0 Å². The van der Waals surface area contributed by atoms with Crippen molar-refractivity contribution < 1.29 is 4.74 Å². The maximum atomic E-state index is 6.13. The van der Waals surface area contributed by atoms with Crippen LogP contribution < -0.4 is 4.74 Å². The summed E-state index contributed by atoms with van der Waals surface area (Å²) >= 11 is 3.60. The molecule has 1 aliphatic heterocycles. The summed E-state index contributed by atoms with van der Waals surface area (Å²) in [4.78, 5) is 0. The van der Waals surface area contributed by atoms with Crippen LogP contribution in [0.5, 0.6) is 11.5 Å². The van der Waals surface area contributed by atoms with Gasteiger partial charge in [-0.25, -0.2) is 0 Å². The van der Waals surface area contributed by atoms with E-state index < -0.39 is 0 Å². The first-order valence-corrected chi connectivity index (χ1v) is 8.12. The number of rotatable bonds is 1. The summed E-state index contributed by atoms with van der Waals surface area (Å²) in [5.41, 5.74) is 3.43. The lowest BCUT2D eigenvalue weighted by atomic mass is 9.69. The van der Waals surface area contributed by atoms with Gasteiger partial charge in [0.25, 0.3) is 0 Å². The third-order valence-corrected chi connectivity index (χ3v) is 4.97. The number of para-hydroxylation sites is 1. The van der Waals surface area contributed by atoms with Gasteiger partial charge in [-0.2, -0.15) is 0 Å². The molecule has 0 amide bonds. The zero-order chi connectivity index (χ0) is 15.2. The van der Waals surface area contributed by atoms with Crippen LogP contribution in [-0.2, 0) is 5.41 Å². The Balaban J connectivity index is 2.07. The second kappa shape index (κ2) is 4.99. The van der Waals surface area contributed by atoms with Crippen LogP contribution in [0, 0.1) is 0 Å². The highest BCUT2D eigenvalue weighted by molar-refractivity contribution is 9.10. The molecule has 4 rings (SSSR count). The van der Waals surface area contributed by atoms with Crippen molar-refractivity contribution >= 4 is 15.9 Å². The van der Waals surface area contributed by atoms with E-state index in [0.717, 1.165) is 16.0 Å². The number of hydrogen-bond acceptors (Lipinski definition) is 1. The molecule has 0 saturated heterocycles. The molecule has 2 heteroatoms. The minimum absolute atomic E-state index is 0.227. The molecule has 0 aliphatic carbocycles. The maximum Gasteiger partial charge on any atom is 0.131 e. The van der Waals surface area contributed by atoms with E-state index in [0.29, 0.717) is 0 Å². The molecule has 0 aromatic heterocycles. The van der Waals surface area contributed by atoms with E-state index in [9.17, 15) is 0 Å². The van der Waals surface area contributed by atoms with E-state index in [1.54, 1.807) is 0 Å². The van der Waals surface area contributed by atoms with E-state index in [4.69, 9.17) is 4.74 Å². The molecule has 1 heterocycles. The summed E-state index contributed by atoms with van der Waals surface area (Å²) in [6.45, 7) is 2.27. The van der Waals surface area contributed by atoms with Gasteiger partial charge in [-0.1, -0.05) is 64.5 Å². The lowest BCUT2D eigenvalue weighted by Crippen LogP contribution is -2.29. The van der Waals surface area contributed by atoms with Gasteiger partial charge in [-0.05, 0) is 36.8 Å². The highest BCUT2D eigenvalue weighted by Gasteiger charge is 2.39. The standard InChI is InChI=1S/C20H15BrO/c1-20(14-7-3-2-4-8-14)16-9-5-6-10-18(16)22-19-12-11-15(21)13-17(19)20/h2-13H,1H3. The molecule has 1 atom stereocenters. The van der Waals surface area contributed by atoms with Crippen LogP contribution in [0.1, 0.15) is 23.6 Å². The zero-order valence-corrected chi connectivity index (χ0v) is 13.8. The fraction of sp³-hybridized carbons (Fsp3) is 0.100. The van der Waals surface area contributed by atoms with E-state index in [-0.39, 0.29) is 5.41 Å². The number of benzene rings is 3. The van der Waals surface area contributed by atoms with Gasteiger partial charge < -0.3 is 4.74 Å². The first kappa shape index (κ1) is 13.6. The average Bonchev–Trinajstić information content (AvgIpc) is 2.57. The molecular formula is C20H15BrO. The molecule has 0 spiro atoms. The predicted molar refractivity (Wildman–Crippen MR) is 92.7 cm³/mol. The monoisotopic (exact) mass is 350 g/mol. The summed E-state index contributed by atoms with van der Waals surface area (Å²) < 4.78 is 7.19. The van der Waals surface area contributed by atoms with Crippen LogP contribution in [0.4, 0.5) is 0 Å². The summed E-state index contributed by atoms with van der Waals surface area (Å²) in [5.74, 6) is 1.86. The highest BCUT2D eigenvalue weighted by Crippen LogP contribution is 2.51. The summed E-state index contributed by atoms with van der Waals surface area (Å²) in [6, 6.07) is 25.1. The quantitative estimate of drug-likeness (QED) is 0.530. The minimum atomic E-state index is -0.227. The first-order chi connectivity index (χ1) is 10.7. The van der Waals surface area contributed by atoms with Gasteiger partial charge in [-0.3, -0.25) is 0 Å². The molecule has 3 aromatic rings. The Morgan fingerprint density at radius 2 is 1.45 bits per heavy atom. The minimum Gasteiger partial charge on any atom is -0.457 e. The molecular weight excluding hydrogens is 336 g/mol. The molecule has 0 bridgehead atoms. The number of hydrogen-bond donors (Lipinski definition) is 0. The van der Waals surface area contributed by atoms with E-state index in [1.807, 2.05) is 24.3 Å². The Kier molecular flexibility index (Phi) is 3.08. The molecule has 0 fully saturated rings. The van der Waals surface area contributed by atoms with Gasteiger partial charge >= 0.3 is 0 Å². The molecule has 108 valence electrons. The Hall–Kier alpha value is -2.06. The van der Waals surface area contributed by atoms with Crippen LogP contribution in [0.15, 0.2) is 77.3 Å². The zero-order valence-electron chi connectivity index (χ0n) is 12.2. The second-order valence-electron chi connectivity index (χ2n) is 5.73. The molecule has 3 aromatic carbocycles. The van der Waals surface area contributed by atoms with Gasteiger partial charge in [0.1, 0.15) is 11.5 Å². The summed E-state index contributed by atoms with van der Waals surface area (Å²) in [6.07, 6.45) is 0. The predicted octanol–water partition coefficient (Wildman–Crippen LogP) is 5.91. The van der Waals surface area contributed by atoms with Crippen LogP contribution in [0.3, 0.4) is 0 Å². The van der Waals surface area contributed by atoms with Crippen molar-refractivity contribution in [1.82, 2.24) is 0 Å². The molecule has 0 saturated carbocycles. The van der Waals surface area contributed by atoms with Crippen molar-refractivity contribution in [3.63, 3.8) is 0 Å². The largest absolute Gasteiger partial charge is 0.457 e. The molecule has 1 unspecified atom stereocenters. The molecule has 1 nitrogen and oxygen atoms in total. The smallest absolute Gasteiger partial charge is 0.131 e. The maximum absolute atomic E-state index is 6.13. The normalized spacial score (nSPS) is 19.0. The SMILES string of the molecule is CC1(c2ccccc2)c2ccccc2Oc2ccc(Br)cc21. The van der Waals surface area contributed by atoms with Crippen LogP contribution in [0.25, 0.3) is 0 Å².